The molecule has 32 heavy (non-hydrogen) atoms. The SMILES string of the molecule is Nc1ncc(-c2ccc3cnc(CC(=O)c4ccnc(NC5CCNCC5)c4)cc3c2)s1. The standard InChI is InChI=1S/C24H24N6OS/c25-24-29-14-22(32-24)16-1-2-17-13-28-20(10-18(17)9-16)12-21(31)15-3-8-27-23(11-15)30-19-4-6-26-7-5-19/h1-3,8-11,13-14,19,26H,4-7,12H2,(H2,25,29)(H,27,30). The largest absolute Gasteiger partial charge is 0.375 e. The maximum atomic E-state index is 13.0. The first-order valence-corrected chi connectivity index (χ1v) is 11.5. The molecule has 0 bridgehead atoms. The molecule has 5 rings (SSSR count). The number of carbonyl (C=O) groups is 1. The van der Waals surface area contributed by atoms with E-state index in [1.165, 1.54) is 11.3 Å². The van der Waals surface area contributed by atoms with Crippen molar-refractivity contribution in [3.05, 3.63) is 66.2 Å². The fourth-order valence-electron chi connectivity index (χ4n) is 3.98. The second-order valence-electron chi connectivity index (χ2n) is 8.00. The number of anilines is 2. The quantitative estimate of drug-likeness (QED) is 0.387. The normalized spacial score (nSPS) is 14.5. The number of thiazole rings is 1. The van der Waals surface area contributed by atoms with Crippen molar-refractivity contribution in [2.24, 2.45) is 0 Å². The first-order valence-electron chi connectivity index (χ1n) is 10.7. The lowest BCUT2D eigenvalue weighted by atomic mass is 10.0. The Labute approximate surface area is 190 Å². The molecule has 4 aromatic rings. The van der Waals surface area contributed by atoms with E-state index < -0.39 is 0 Å². The van der Waals surface area contributed by atoms with Gasteiger partial charge >= 0.3 is 0 Å². The minimum atomic E-state index is 0.0268. The van der Waals surface area contributed by atoms with Gasteiger partial charge in [-0.2, -0.15) is 0 Å². The van der Waals surface area contributed by atoms with E-state index >= 15 is 0 Å². The highest BCUT2D eigenvalue weighted by Crippen LogP contribution is 2.30. The third-order valence-corrected chi connectivity index (χ3v) is 6.58. The van der Waals surface area contributed by atoms with Crippen LogP contribution in [0.3, 0.4) is 0 Å². The number of carbonyl (C=O) groups excluding carboxylic acids is 1. The van der Waals surface area contributed by atoms with Gasteiger partial charge in [0.05, 0.1) is 11.3 Å². The number of nitrogens with zero attached hydrogens (tertiary/aromatic N) is 3. The molecule has 8 heteroatoms. The van der Waals surface area contributed by atoms with Crippen LogP contribution < -0.4 is 16.4 Å². The van der Waals surface area contributed by atoms with E-state index in [1.54, 1.807) is 18.5 Å². The van der Waals surface area contributed by atoms with Crippen LogP contribution in [0.1, 0.15) is 28.9 Å². The number of nitrogen functional groups attached to an aromatic ring is 1. The maximum Gasteiger partial charge on any atom is 0.180 e. The van der Waals surface area contributed by atoms with Gasteiger partial charge in [0.25, 0.3) is 0 Å². The zero-order valence-corrected chi connectivity index (χ0v) is 18.4. The Morgan fingerprint density at radius 1 is 1.06 bits per heavy atom. The molecule has 1 aliphatic heterocycles. The van der Waals surface area contributed by atoms with Gasteiger partial charge in [-0.3, -0.25) is 9.78 Å². The first-order chi connectivity index (χ1) is 15.6. The number of nitrogens with two attached hydrogens (primary N) is 1. The highest BCUT2D eigenvalue weighted by molar-refractivity contribution is 7.18. The molecule has 7 nitrogen and oxygen atoms in total. The van der Waals surface area contributed by atoms with Crippen LogP contribution in [0.15, 0.2) is 55.0 Å². The van der Waals surface area contributed by atoms with Gasteiger partial charge in [-0.15, -0.1) is 0 Å². The molecule has 1 fully saturated rings. The van der Waals surface area contributed by atoms with Crippen molar-refractivity contribution in [3.63, 3.8) is 0 Å². The highest BCUT2D eigenvalue weighted by atomic mass is 32.1. The first kappa shape index (κ1) is 20.5. The lowest BCUT2D eigenvalue weighted by Gasteiger charge is -2.24. The van der Waals surface area contributed by atoms with E-state index in [0.29, 0.717) is 16.7 Å². The Bertz CT molecular complexity index is 1260. The van der Waals surface area contributed by atoms with E-state index in [2.05, 4.69) is 31.7 Å². The van der Waals surface area contributed by atoms with Crippen LogP contribution in [0.5, 0.6) is 0 Å². The van der Waals surface area contributed by atoms with Gasteiger partial charge in [0.1, 0.15) is 5.82 Å². The summed E-state index contributed by atoms with van der Waals surface area (Å²) in [6, 6.07) is 12.1. The Hall–Kier alpha value is -3.36. The summed E-state index contributed by atoms with van der Waals surface area (Å²) in [5, 5.41) is 9.42. The molecule has 0 atom stereocenters. The Kier molecular flexibility index (Phi) is 5.79. The van der Waals surface area contributed by atoms with E-state index in [9.17, 15) is 4.79 Å². The molecule has 4 N–H and O–H groups in total. The number of hydrogen-bond acceptors (Lipinski definition) is 8. The summed E-state index contributed by atoms with van der Waals surface area (Å²) in [5.74, 6) is 0.779. The number of piperidine rings is 1. The molecule has 0 spiro atoms. The maximum absolute atomic E-state index is 13.0. The monoisotopic (exact) mass is 444 g/mol. The summed E-state index contributed by atoms with van der Waals surface area (Å²) in [6.45, 7) is 2.00. The summed E-state index contributed by atoms with van der Waals surface area (Å²) in [4.78, 5) is 27.0. The van der Waals surface area contributed by atoms with Gasteiger partial charge in [0, 0.05) is 41.3 Å². The molecule has 1 saturated heterocycles. The average molecular weight is 445 g/mol. The number of rotatable bonds is 6. The Balaban J connectivity index is 1.33. The molecule has 1 aliphatic rings. The summed E-state index contributed by atoms with van der Waals surface area (Å²) in [7, 11) is 0. The van der Waals surface area contributed by atoms with Gasteiger partial charge in [0.2, 0.25) is 0 Å². The van der Waals surface area contributed by atoms with E-state index in [1.807, 2.05) is 30.5 Å². The van der Waals surface area contributed by atoms with Crippen molar-refractivity contribution in [2.45, 2.75) is 25.3 Å². The van der Waals surface area contributed by atoms with Crippen LogP contribution >= 0.6 is 11.3 Å². The molecule has 1 aromatic carbocycles. The molecular weight excluding hydrogens is 420 g/mol. The van der Waals surface area contributed by atoms with Crippen molar-refractivity contribution >= 4 is 38.8 Å². The molecule has 3 aromatic heterocycles. The van der Waals surface area contributed by atoms with Gasteiger partial charge in [-0.05, 0) is 61.1 Å². The Morgan fingerprint density at radius 3 is 2.75 bits per heavy atom. The fourth-order valence-corrected chi connectivity index (χ4v) is 4.66. The smallest absolute Gasteiger partial charge is 0.180 e. The van der Waals surface area contributed by atoms with E-state index in [0.717, 1.165) is 58.7 Å². The number of benzene rings is 1. The van der Waals surface area contributed by atoms with Gasteiger partial charge < -0.3 is 16.4 Å². The minimum Gasteiger partial charge on any atom is -0.375 e. The molecule has 0 saturated carbocycles. The summed E-state index contributed by atoms with van der Waals surface area (Å²) < 4.78 is 0. The van der Waals surface area contributed by atoms with Crippen LogP contribution in [-0.2, 0) is 6.42 Å². The van der Waals surface area contributed by atoms with Crippen LogP contribution in [0, 0.1) is 0 Å². The molecule has 0 amide bonds. The van der Waals surface area contributed by atoms with E-state index in [4.69, 9.17) is 5.73 Å². The van der Waals surface area contributed by atoms with E-state index in [-0.39, 0.29) is 12.2 Å². The molecular formula is C24H24N6OS. The third kappa shape index (κ3) is 4.61. The summed E-state index contributed by atoms with van der Waals surface area (Å²) in [6.07, 6.45) is 7.64. The van der Waals surface area contributed by atoms with Gasteiger partial charge in [-0.1, -0.05) is 23.5 Å². The number of aromatic nitrogens is 3. The van der Waals surface area contributed by atoms with Gasteiger partial charge in [0.15, 0.2) is 10.9 Å². The molecule has 0 aliphatic carbocycles. The third-order valence-electron chi connectivity index (χ3n) is 5.70. The lowest BCUT2D eigenvalue weighted by Crippen LogP contribution is -2.35. The number of Topliss-reactive ketones (excluding diaryl/α,β-unsaturated/α-hetero) is 1. The van der Waals surface area contributed by atoms with Crippen LogP contribution in [-0.4, -0.2) is 39.9 Å². The van der Waals surface area contributed by atoms with Crippen molar-refractivity contribution < 1.29 is 4.79 Å². The van der Waals surface area contributed by atoms with Crippen LogP contribution in [0.4, 0.5) is 10.9 Å². The highest BCUT2D eigenvalue weighted by Gasteiger charge is 2.15. The predicted molar refractivity (Wildman–Crippen MR) is 129 cm³/mol. The molecule has 162 valence electrons. The van der Waals surface area contributed by atoms with Crippen molar-refractivity contribution in [3.8, 4) is 10.4 Å². The number of ketones is 1. The predicted octanol–water partition coefficient (Wildman–Crippen LogP) is 3.92. The number of hydrogen-bond donors (Lipinski definition) is 3. The zero-order valence-electron chi connectivity index (χ0n) is 17.5. The van der Waals surface area contributed by atoms with Crippen molar-refractivity contribution in [1.82, 2.24) is 20.3 Å². The van der Waals surface area contributed by atoms with Crippen LogP contribution in [0.2, 0.25) is 0 Å². The van der Waals surface area contributed by atoms with Crippen molar-refractivity contribution in [1.29, 1.82) is 0 Å². The summed E-state index contributed by atoms with van der Waals surface area (Å²) >= 11 is 1.46. The topological polar surface area (TPSA) is 106 Å². The zero-order chi connectivity index (χ0) is 21.9. The summed E-state index contributed by atoms with van der Waals surface area (Å²) in [5.41, 5.74) is 8.22. The van der Waals surface area contributed by atoms with Gasteiger partial charge in [-0.25, -0.2) is 9.97 Å². The lowest BCUT2D eigenvalue weighted by molar-refractivity contribution is 0.0992. The van der Waals surface area contributed by atoms with Crippen LogP contribution in [0.25, 0.3) is 21.2 Å². The second kappa shape index (κ2) is 9.02. The number of nitrogens with one attached hydrogen (secondary N) is 2. The molecule has 0 unspecified atom stereocenters. The average Bonchev–Trinajstić information content (AvgIpc) is 3.26. The number of fused-ring (bicyclic) bond motifs is 1. The second-order valence-corrected chi connectivity index (χ2v) is 9.06. The fraction of sp³-hybridized carbons (Fsp3) is 0.250. The number of pyridine rings is 2. The molecule has 4 heterocycles. The minimum absolute atomic E-state index is 0.0268. The molecule has 0 radical (unpaired) electrons. The Morgan fingerprint density at radius 2 is 1.94 bits per heavy atom. The van der Waals surface area contributed by atoms with Crippen molar-refractivity contribution in [2.75, 3.05) is 24.1 Å².